The number of hydrogen-bond donors (Lipinski definition) is 2. The van der Waals surface area contributed by atoms with Crippen molar-refractivity contribution in [1.82, 2.24) is 5.32 Å². The number of rotatable bonds is 5. The van der Waals surface area contributed by atoms with Crippen LogP contribution < -0.4 is 10.6 Å². The molecule has 1 aromatic carbocycles. The van der Waals surface area contributed by atoms with E-state index in [1.165, 1.54) is 5.56 Å². The first kappa shape index (κ1) is 15.5. The predicted molar refractivity (Wildman–Crippen MR) is 78.7 cm³/mol. The summed E-state index contributed by atoms with van der Waals surface area (Å²) in [5, 5.41) is 5.59. The minimum absolute atomic E-state index is 0.126. The molecule has 0 fully saturated rings. The Kier molecular flexibility index (Phi) is 5.83. The number of carbonyl (C=O) groups is 1. The number of methoxy groups -OCH3 is 1. The molecule has 0 saturated heterocycles. The number of carbonyl (C=O) groups excluding carboxylic acids is 1. The smallest absolute Gasteiger partial charge is 0.319 e. The van der Waals surface area contributed by atoms with E-state index in [1.807, 2.05) is 24.3 Å². The van der Waals surface area contributed by atoms with Gasteiger partial charge in [0.1, 0.15) is 0 Å². The molecule has 0 heterocycles. The molecule has 0 bridgehead atoms. The van der Waals surface area contributed by atoms with E-state index in [4.69, 9.17) is 4.74 Å². The van der Waals surface area contributed by atoms with Crippen LogP contribution in [0.2, 0.25) is 0 Å². The summed E-state index contributed by atoms with van der Waals surface area (Å²) < 4.78 is 4.92. The molecule has 2 N–H and O–H groups in total. The molecule has 1 aromatic rings. The maximum absolute atomic E-state index is 11.6. The second kappa shape index (κ2) is 7.14. The summed E-state index contributed by atoms with van der Waals surface area (Å²) in [7, 11) is 1.65. The Morgan fingerprint density at radius 3 is 2.37 bits per heavy atom. The maximum Gasteiger partial charge on any atom is 0.319 e. The number of hydrogen-bond acceptors (Lipinski definition) is 2. The topological polar surface area (TPSA) is 50.4 Å². The molecule has 0 saturated carbocycles. The van der Waals surface area contributed by atoms with Crippen molar-refractivity contribution in [2.45, 2.75) is 32.6 Å². The lowest BCUT2D eigenvalue weighted by Gasteiger charge is -2.19. The lowest BCUT2D eigenvalue weighted by Crippen LogP contribution is -2.30. The third-order valence-corrected chi connectivity index (χ3v) is 2.82. The number of benzene rings is 1. The zero-order chi connectivity index (χ0) is 14.3. The van der Waals surface area contributed by atoms with Gasteiger partial charge in [-0.05, 0) is 29.5 Å². The van der Waals surface area contributed by atoms with Gasteiger partial charge in [-0.2, -0.15) is 0 Å². The minimum atomic E-state index is -0.181. The number of anilines is 1. The molecule has 0 aliphatic heterocycles. The summed E-state index contributed by atoms with van der Waals surface area (Å²) in [5.74, 6) is 0. The SMILES string of the molecule is COCCCNC(=O)Nc1ccc(C(C)(C)C)cc1. The molecule has 0 aromatic heterocycles. The van der Waals surface area contributed by atoms with Crippen LogP contribution in [0.25, 0.3) is 0 Å². The van der Waals surface area contributed by atoms with Crippen LogP contribution in [0, 0.1) is 0 Å². The van der Waals surface area contributed by atoms with Crippen molar-refractivity contribution in [1.29, 1.82) is 0 Å². The average Bonchev–Trinajstić information content (AvgIpc) is 2.34. The molecule has 0 atom stereocenters. The van der Waals surface area contributed by atoms with Gasteiger partial charge in [0.05, 0.1) is 0 Å². The van der Waals surface area contributed by atoms with E-state index >= 15 is 0 Å². The molecular formula is C15H24N2O2. The molecule has 0 aliphatic rings. The highest BCUT2D eigenvalue weighted by atomic mass is 16.5. The quantitative estimate of drug-likeness (QED) is 0.803. The van der Waals surface area contributed by atoms with Gasteiger partial charge in [0, 0.05) is 25.9 Å². The van der Waals surface area contributed by atoms with Gasteiger partial charge in [0.15, 0.2) is 0 Å². The maximum atomic E-state index is 11.6. The van der Waals surface area contributed by atoms with Crippen LogP contribution in [0.1, 0.15) is 32.8 Å². The molecule has 0 spiro atoms. The van der Waals surface area contributed by atoms with Gasteiger partial charge in [-0.1, -0.05) is 32.9 Å². The summed E-state index contributed by atoms with van der Waals surface area (Å²) >= 11 is 0. The Hall–Kier alpha value is -1.55. The van der Waals surface area contributed by atoms with Crippen molar-refractivity contribution in [2.24, 2.45) is 0 Å². The van der Waals surface area contributed by atoms with E-state index in [0.29, 0.717) is 13.2 Å². The van der Waals surface area contributed by atoms with Crippen LogP contribution >= 0.6 is 0 Å². The van der Waals surface area contributed by atoms with Crippen molar-refractivity contribution in [3.8, 4) is 0 Å². The minimum Gasteiger partial charge on any atom is -0.385 e. The zero-order valence-corrected chi connectivity index (χ0v) is 12.2. The van der Waals surface area contributed by atoms with Crippen LogP contribution in [0.4, 0.5) is 10.5 Å². The lowest BCUT2D eigenvalue weighted by molar-refractivity contribution is 0.194. The van der Waals surface area contributed by atoms with Crippen molar-refractivity contribution < 1.29 is 9.53 Å². The standard InChI is InChI=1S/C15H24N2O2/c1-15(2,3)12-6-8-13(9-7-12)17-14(18)16-10-5-11-19-4/h6-9H,5,10-11H2,1-4H3,(H2,16,17,18). The van der Waals surface area contributed by atoms with E-state index in [2.05, 4.69) is 31.4 Å². The fraction of sp³-hybridized carbons (Fsp3) is 0.533. The Balaban J connectivity index is 2.43. The molecule has 4 heteroatoms. The first-order valence-corrected chi connectivity index (χ1v) is 6.58. The molecule has 106 valence electrons. The van der Waals surface area contributed by atoms with Crippen molar-refractivity contribution in [3.63, 3.8) is 0 Å². The molecule has 4 nitrogen and oxygen atoms in total. The fourth-order valence-corrected chi connectivity index (χ4v) is 1.65. The van der Waals surface area contributed by atoms with Crippen molar-refractivity contribution in [3.05, 3.63) is 29.8 Å². The third kappa shape index (κ3) is 5.75. The molecule has 1 rings (SSSR count). The average molecular weight is 264 g/mol. The normalized spacial score (nSPS) is 11.2. The number of nitrogens with one attached hydrogen (secondary N) is 2. The Labute approximate surface area is 115 Å². The van der Waals surface area contributed by atoms with E-state index in [9.17, 15) is 4.79 Å². The van der Waals surface area contributed by atoms with Gasteiger partial charge in [-0.3, -0.25) is 0 Å². The highest BCUT2D eigenvalue weighted by Gasteiger charge is 2.13. The van der Waals surface area contributed by atoms with Gasteiger partial charge in [0.25, 0.3) is 0 Å². The molecular weight excluding hydrogens is 240 g/mol. The number of urea groups is 1. The van der Waals surface area contributed by atoms with Crippen LogP contribution in [-0.4, -0.2) is 26.3 Å². The van der Waals surface area contributed by atoms with Crippen LogP contribution in [0.5, 0.6) is 0 Å². The van der Waals surface area contributed by atoms with Gasteiger partial charge < -0.3 is 15.4 Å². The largest absolute Gasteiger partial charge is 0.385 e. The van der Waals surface area contributed by atoms with Crippen molar-refractivity contribution >= 4 is 11.7 Å². The van der Waals surface area contributed by atoms with E-state index in [-0.39, 0.29) is 11.4 Å². The summed E-state index contributed by atoms with van der Waals surface area (Å²) in [6.45, 7) is 7.76. The third-order valence-electron chi connectivity index (χ3n) is 2.82. The highest BCUT2D eigenvalue weighted by molar-refractivity contribution is 5.89. The van der Waals surface area contributed by atoms with Gasteiger partial charge in [0.2, 0.25) is 0 Å². The monoisotopic (exact) mass is 264 g/mol. The molecule has 0 aliphatic carbocycles. The van der Waals surface area contributed by atoms with E-state index in [1.54, 1.807) is 7.11 Å². The van der Waals surface area contributed by atoms with Crippen LogP contribution in [0.3, 0.4) is 0 Å². The Morgan fingerprint density at radius 1 is 1.21 bits per heavy atom. The van der Waals surface area contributed by atoms with Gasteiger partial charge >= 0.3 is 6.03 Å². The number of ether oxygens (including phenoxy) is 1. The summed E-state index contributed by atoms with van der Waals surface area (Å²) in [4.78, 5) is 11.6. The van der Waals surface area contributed by atoms with Gasteiger partial charge in [-0.15, -0.1) is 0 Å². The Morgan fingerprint density at radius 2 is 1.84 bits per heavy atom. The fourth-order valence-electron chi connectivity index (χ4n) is 1.65. The van der Waals surface area contributed by atoms with E-state index in [0.717, 1.165) is 12.1 Å². The first-order chi connectivity index (χ1) is 8.93. The second-order valence-corrected chi connectivity index (χ2v) is 5.55. The zero-order valence-electron chi connectivity index (χ0n) is 12.2. The molecule has 0 unspecified atom stereocenters. The number of amides is 2. The summed E-state index contributed by atoms with van der Waals surface area (Å²) in [6.07, 6.45) is 0.812. The molecule has 19 heavy (non-hydrogen) atoms. The first-order valence-electron chi connectivity index (χ1n) is 6.58. The van der Waals surface area contributed by atoms with Crippen molar-refractivity contribution in [2.75, 3.05) is 25.6 Å². The van der Waals surface area contributed by atoms with Crippen LogP contribution in [-0.2, 0) is 10.2 Å². The second-order valence-electron chi connectivity index (χ2n) is 5.55. The lowest BCUT2D eigenvalue weighted by atomic mass is 9.87. The van der Waals surface area contributed by atoms with E-state index < -0.39 is 0 Å². The van der Waals surface area contributed by atoms with Gasteiger partial charge in [-0.25, -0.2) is 4.79 Å². The van der Waals surface area contributed by atoms with Crippen LogP contribution in [0.15, 0.2) is 24.3 Å². The summed E-state index contributed by atoms with van der Waals surface area (Å²) in [6, 6.07) is 7.76. The summed E-state index contributed by atoms with van der Waals surface area (Å²) in [5.41, 5.74) is 2.18. The molecule has 0 radical (unpaired) electrons. The highest BCUT2D eigenvalue weighted by Crippen LogP contribution is 2.23. The Bertz CT molecular complexity index is 394. The predicted octanol–water partition coefficient (Wildman–Crippen LogP) is 3.14. The molecule has 2 amide bonds.